The Morgan fingerprint density at radius 3 is 2.48 bits per heavy atom. The third-order valence-corrected chi connectivity index (χ3v) is 4.11. The molecule has 0 radical (unpaired) electrons. The Bertz CT molecular complexity index is 875. The van der Waals surface area contributed by atoms with E-state index in [1.54, 1.807) is 6.07 Å². The molecule has 0 aliphatic carbocycles. The second-order valence-electron chi connectivity index (χ2n) is 5.73. The highest BCUT2D eigenvalue weighted by Gasteiger charge is 2.06. The molecule has 0 unspecified atom stereocenters. The molecule has 0 aliphatic rings. The Morgan fingerprint density at radius 2 is 1.76 bits per heavy atom. The highest BCUT2D eigenvalue weighted by Crippen LogP contribution is 2.20. The van der Waals surface area contributed by atoms with Crippen LogP contribution in [0.25, 0.3) is 0 Å². The Kier molecular flexibility index (Phi) is 5.36. The van der Waals surface area contributed by atoms with Gasteiger partial charge in [-0.15, -0.1) is 0 Å². The van der Waals surface area contributed by atoms with Crippen LogP contribution in [0.15, 0.2) is 72.8 Å². The van der Waals surface area contributed by atoms with Gasteiger partial charge in [0.2, 0.25) is 0 Å². The molecule has 0 aliphatic heterocycles. The molecule has 1 N–H and O–H groups in total. The predicted octanol–water partition coefficient (Wildman–Crippen LogP) is 5.48. The van der Waals surface area contributed by atoms with E-state index in [2.05, 4.69) is 5.32 Å². The fraction of sp³-hybridized carbons (Fsp3) is 0.0952. The summed E-state index contributed by atoms with van der Waals surface area (Å²) in [4.78, 5) is 12.2. The van der Waals surface area contributed by atoms with E-state index < -0.39 is 0 Å². The van der Waals surface area contributed by atoms with Crippen molar-refractivity contribution in [2.24, 2.45) is 0 Å². The van der Waals surface area contributed by atoms with Crippen LogP contribution in [0.3, 0.4) is 0 Å². The molecule has 0 bridgehead atoms. The molecule has 0 saturated heterocycles. The lowest BCUT2D eigenvalue weighted by atomic mass is 10.1. The number of benzene rings is 3. The van der Waals surface area contributed by atoms with E-state index >= 15 is 0 Å². The molecule has 3 aromatic rings. The largest absolute Gasteiger partial charge is 0.489 e. The van der Waals surface area contributed by atoms with Crippen LogP contribution in [0, 0.1) is 6.92 Å². The maximum Gasteiger partial charge on any atom is 0.255 e. The number of aryl methyl sites for hydroxylation is 1. The molecule has 126 valence electrons. The topological polar surface area (TPSA) is 38.3 Å². The summed E-state index contributed by atoms with van der Waals surface area (Å²) in [6, 6.07) is 22.3. The van der Waals surface area contributed by atoms with Gasteiger partial charge in [0.25, 0.3) is 5.91 Å². The molecule has 3 aromatic carbocycles. The molecule has 0 spiro atoms. The lowest BCUT2D eigenvalue weighted by Gasteiger charge is -2.09. The summed E-state index contributed by atoms with van der Waals surface area (Å²) >= 11 is 6.11. The Balaban J connectivity index is 1.60. The molecule has 4 heteroatoms. The van der Waals surface area contributed by atoms with Crippen molar-refractivity contribution in [2.45, 2.75) is 13.5 Å². The van der Waals surface area contributed by atoms with Crippen molar-refractivity contribution >= 4 is 23.2 Å². The van der Waals surface area contributed by atoms with Crippen molar-refractivity contribution in [3.63, 3.8) is 0 Å². The maximum absolute atomic E-state index is 12.2. The van der Waals surface area contributed by atoms with E-state index in [9.17, 15) is 4.79 Å². The number of amides is 1. The standard InChI is InChI=1S/C21H18ClNO2/c1-15-5-4-7-16(13-15)21(24)23-18-9-11-19(12-10-18)25-14-17-6-2-3-8-20(17)22/h2-13H,14H2,1H3,(H,23,24). The number of anilines is 1. The van der Waals surface area contributed by atoms with E-state index in [-0.39, 0.29) is 5.91 Å². The zero-order valence-electron chi connectivity index (χ0n) is 13.8. The van der Waals surface area contributed by atoms with Crippen LogP contribution >= 0.6 is 11.6 Å². The summed E-state index contributed by atoms with van der Waals surface area (Å²) in [5.41, 5.74) is 3.34. The first-order valence-corrected chi connectivity index (χ1v) is 8.34. The van der Waals surface area contributed by atoms with Crippen molar-refractivity contribution in [2.75, 3.05) is 5.32 Å². The average molecular weight is 352 g/mol. The molecule has 0 fully saturated rings. The number of carbonyl (C=O) groups excluding carboxylic acids is 1. The zero-order chi connectivity index (χ0) is 17.6. The summed E-state index contributed by atoms with van der Waals surface area (Å²) in [7, 11) is 0. The van der Waals surface area contributed by atoms with E-state index in [0.717, 1.165) is 16.8 Å². The van der Waals surface area contributed by atoms with Crippen molar-refractivity contribution in [1.29, 1.82) is 0 Å². The quantitative estimate of drug-likeness (QED) is 0.661. The van der Waals surface area contributed by atoms with Crippen molar-refractivity contribution in [3.05, 3.63) is 94.5 Å². The molecule has 1 amide bonds. The molecule has 3 rings (SSSR count). The van der Waals surface area contributed by atoms with Gasteiger partial charge in [-0.05, 0) is 49.4 Å². The Hall–Kier alpha value is -2.78. The van der Waals surface area contributed by atoms with Crippen LogP contribution in [-0.2, 0) is 6.61 Å². The summed E-state index contributed by atoms with van der Waals surface area (Å²) in [6.45, 7) is 2.36. The van der Waals surface area contributed by atoms with Crippen LogP contribution in [0.2, 0.25) is 5.02 Å². The third-order valence-electron chi connectivity index (χ3n) is 3.74. The number of nitrogens with one attached hydrogen (secondary N) is 1. The normalized spacial score (nSPS) is 10.3. The zero-order valence-corrected chi connectivity index (χ0v) is 14.6. The molecule has 3 nitrogen and oxygen atoms in total. The van der Waals surface area contributed by atoms with Gasteiger partial charge in [0.1, 0.15) is 12.4 Å². The number of rotatable bonds is 5. The van der Waals surface area contributed by atoms with Gasteiger partial charge in [-0.25, -0.2) is 0 Å². The molecule has 0 aromatic heterocycles. The first kappa shape index (κ1) is 17.1. The SMILES string of the molecule is Cc1cccc(C(=O)Nc2ccc(OCc3ccccc3Cl)cc2)c1. The van der Waals surface area contributed by atoms with Gasteiger partial charge in [0.05, 0.1) is 0 Å². The van der Waals surface area contributed by atoms with Crippen LogP contribution in [0.5, 0.6) is 5.75 Å². The minimum absolute atomic E-state index is 0.131. The fourth-order valence-electron chi connectivity index (χ4n) is 2.40. The molecule has 0 saturated carbocycles. The van der Waals surface area contributed by atoms with Crippen LogP contribution in [-0.4, -0.2) is 5.91 Å². The summed E-state index contributed by atoms with van der Waals surface area (Å²) in [6.07, 6.45) is 0. The lowest BCUT2D eigenvalue weighted by Crippen LogP contribution is -2.11. The fourth-order valence-corrected chi connectivity index (χ4v) is 2.59. The molecule has 25 heavy (non-hydrogen) atoms. The minimum Gasteiger partial charge on any atom is -0.489 e. The summed E-state index contributed by atoms with van der Waals surface area (Å²) in [5.74, 6) is 0.585. The number of hydrogen-bond acceptors (Lipinski definition) is 2. The third kappa shape index (κ3) is 4.61. The van der Waals surface area contributed by atoms with Crippen molar-refractivity contribution in [1.82, 2.24) is 0 Å². The number of halogens is 1. The summed E-state index contributed by atoms with van der Waals surface area (Å²) < 4.78 is 5.74. The molecular weight excluding hydrogens is 334 g/mol. The highest BCUT2D eigenvalue weighted by molar-refractivity contribution is 6.31. The van der Waals surface area contributed by atoms with E-state index in [1.165, 1.54) is 0 Å². The minimum atomic E-state index is -0.131. The number of ether oxygens (including phenoxy) is 1. The van der Waals surface area contributed by atoms with Gasteiger partial charge < -0.3 is 10.1 Å². The van der Waals surface area contributed by atoms with Gasteiger partial charge in [0, 0.05) is 21.8 Å². The second kappa shape index (κ2) is 7.86. The van der Waals surface area contributed by atoms with Crippen molar-refractivity contribution < 1.29 is 9.53 Å². The lowest BCUT2D eigenvalue weighted by molar-refractivity contribution is 0.102. The van der Waals surface area contributed by atoms with E-state index in [1.807, 2.05) is 73.7 Å². The second-order valence-corrected chi connectivity index (χ2v) is 6.14. The van der Waals surface area contributed by atoms with Gasteiger partial charge in [-0.3, -0.25) is 4.79 Å². The number of hydrogen-bond donors (Lipinski definition) is 1. The molecular formula is C21H18ClNO2. The average Bonchev–Trinajstić information content (AvgIpc) is 2.62. The first-order valence-electron chi connectivity index (χ1n) is 7.96. The molecule has 0 heterocycles. The first-order chi connectivity index (χ1) is 12.1. The van der Waals surface area contributed by atoms with Crippen LogP contribution in [0.4, 0.5) is 5.69 Å². The van der Waals surface area contributed by atoms with E-state index in [4.69, 9.17) is 16.3 Å². The monoisotopic (exact) mass is 351 g/mol. The van der Waals surface area contributed by atoms with Crippen LogP contribution in [0.1, 0.15) is 21.5 Å². The maximum atomic E-state index is 12.2. The van der Waals surface area contributed by atoms with Gasteiger partial charge in [0.15, 0.2) is 0 Å². The van der Waals surface area contributed by atoms with Gasteiger partial charge in [-0.2, -0.15) is 0 Å². The van der Waals surface area contributed by atoms with Gasteiger partial charge in [-0.1, -0.05) is 47.5 Å². The predicted molar refractivity (Wildman–Crippen MR) is 101 cm³/mol. The highest BCUT2D eigenvalue weighted by atomic mass is 35.5. The Labute approximate surface area is 152 Å². The van der Waals surface area contributed by atoms with Gasteiger partial charge >= 0.3 is 0 Å². The number of carbonyl (C=O) groups is 1. The summed E-state index contributed by atoms with van der Waals surface area (Å²) in [5, 5.41) is 3.56. The van der Waals surface area contributed by atoms with Crippen LogP contribution < -0.4 is 10.1 Å². The van der Waals surface area contributed by atoms with E-state index in [0.29, 0.717) is 22.9 Å². The Morgan fingerprint density at radius 1 is 1.00 bits per heavy atom. The molecule has 0 atom stereocenters. The smallest absolute Gasteiger partial charge is 0.255 e. The van der Waals surface area contributed by atoms with Crippen molar-refractivity contribution in [3.8, 4) is 5.75 Å².